The van der Waals surface area contributed by atoms with Crippen LogP contribution in [0.4, 0.5) is 17.6 Å². The van der Waals surface area contributed by atoms with Gasteiger partial charge < -0.3 is 4.42 Å². The quantitative estimate of drug-likeness (QED) is 0.677. The Bertz CT molecular complexity index is 531. The first kappa shape index (κ1) is 12.0. The Kier molecular flexibility index (Phi) is 2.87. The molecule has 0 radical (unpaired) electrons. The third kappa shape index (κ3) is 2.29. The summed E-state index contributed by atoms with van der Waals surface area (Å²) in [6, 6.07) is 4.02. The third-order valence-corrected chi connectivity index (χ3v) is 2.42. The Morgan fingerprint density at radius 3 is 2.41 bits per heavy atom. The van der Waals surface area contributed by atoms with E-state index in [0.29, 0.717) is 12.1 Å². The Morgan fingerprint density at radius 1 is 1.18 bits per heavy atom. The van der Waals surface area contributed by atoms with Crippen molar-refractivity contribution in [2.75, 3.05) is 0 Å². The molecule has 0 atom stereocenters. The molecule has 1 aromatic heterocycles. The lowest BCUT2D eigenvalue weighted by Gasteiger charge is -2.10. The van der Waals surface area contributed by atoms with Gasteiger partial charge in [0.1, 0.15) is 5.76 Å². The number of furan rings is 1. The van der Waals surface area contributed by atoms with Crippen molar-refractivity contribution in [3.8, 4) is 11.3 Å². The van der Waals surface area contributed by atoms with Gasteiger partial charge in [0.2, 0.25) is 0 Å². The fraction of sp³-hybridized carbons (Fsp3) is 0.0909. The van der Waals surface area contributed by atoms with E-state index in [9.17, 15) is 17.6 Å². The summed E-state index contributed by atoms with van der Waals surface area (Å²) >= 11 is 5.43. The Labute approximate surface area is 98.6 Å². The van der Waals surface area contributed by atoms with Gasteiger partial charge in [0.25, 0.3) is 0 Å². The summed E-state index contributed by atoms with van der Waals surface area (Å²) in [7, 11) is 0. The van der Waals surface area contributed by atoms with Crippen LogP contribution in [0.3, 0.4) is 0 Å². The highest BCUT2D eigenvalue weighted by molar-refractivity contribution is 6.31. The van der Waals surface area contributed by atoms with Gasteiger partial charge in [-0.2, -0.15) is 13.2 Å². The zero-order chi connectivity index (χ0) is 12.6. The van der Waals surface area contributed by atoms with Crippen LogP contribution >= 0.6 is 11.6 Å². The maximum absolute atomic E-state index is 13.6. The fourth-order valence-corrected chi connectivity index (χ4v) is 1.58. The second-order valence-electron chi connectivity index (χ2n) is 3.29. The summed E-state index contributed by atoms with van der Waals surface area (Å²) in [6.45, 7) is 0. The molecule has 1 aromatic carbocycles. The van der Waals surface area contributed by atoms with Crippen molar-refractivity contribution in [2.24, 2.45) is 0 Å². The van der Waals surface area contributed by atoms with E-state index in [-0.39, 0.29) is 11.3 Å². The molecule has 1 heterocycles. The summed E-state index contributed by atoms with van der Waals surface area (Å²) < 4.78 is 56.0. The van der Waals surface area contributed by atoms with Crippen LogP contribution < -0.4 is 0 Å². The molecule has 0 bridgehead atoms. The van der Waals surface area contributed by atoms with Gasteiger partial charge in [0.05, 0.1) is 22.4 Å². The van der Waals surface area contributed by atoms with Crippen molar-refractivity contribution < 1.29 is 22.0 Å². The van der Waals surface area contributed by atoms with E-state index < -0.39 is 22.6 Å². The third-order valence-electron chi connectivity index (χ3n) is 2.14. The fourth-order valence-electron chi connectivity index (χ4n) is 1.36. The zero-order valence-electron chi connectivity index (χ0n) is 8.18. The van der Waals surface area contributed by atoms with E-state index in [2.05, 4.69) is 0 Å². The molecule has 6 heteroatoms. The van der Waals surface area contributed by atoms with Crippen LogP contribution in [0.5, 0.6) is 0 Å². The van der Waals surface area contributed by atoms with E-state index >= 15 is 0 Å². The number of hydrogen-bond acceptors (Lipinski definition) is 1. The van der Waals surface area contributed by atoms with Crippen molar-refractivity contribution in [3.05, 3.63) is 46.9 Å². The zero-order valence-corrected chi connectivity index (χ0v) is 8.94. The molecule has 0 amide bonds. The minimum Gasteiger partial charge on any atom is -0.464 e. The normalized spacial score (nSPS) is 11.8. The monoisotopic (exact) mass is 264 g/mol. The molecule has 2 rings (SSSR count). The first-order valence-corrected chi connectivity index (χ1v) is 4.87. The minimum atomic E-state index is -4.58. The highest BCUT2D eigenvalue weighted by atomic mass is 35.5. The Hall–Kier alpha value is -1.49. The number of alkyl halides is 3. The Balaban J connectivity index is 2.64. The van der Waals surface area contributed by atoms with Crippen molar-refractivity contribution >= 4 is 11.6 Å². The van der Waals surface area contributed by atoms with Gasteiger partial charge in [-0.25, -0.2) is 4.39 Å². The molecule has 0 aliphatic rings. The molecule has 1 nitrogen and oxygen atoms in total. The number of halogens is 5. The summed E-state index contributed by atoms with van der Waals surface area (Å²) in [6.07, 6.45) is -3.35. The predicted octanol–water partition coefficient (Wildman–Crippen LogP) is 4.76. The molecular formula is C11H5ClF4O. The molecule has 0 fully saturated rings. The van der Waals surface area contributed by atoms with E-state index in [1.165, 1.54) is 18.4 Å². The van der Waals surface area contributed by atoms with Crippen molar-refractivity contribution in [1.82, 2.24) is 0 Å². The standard InChI is InChI=1S/C11H5ClF4O/c12-8-5-6(11(14,15)16)4-7(10(8)13)9-2-1-3-17-9/h1-5H. The molecule has 0 spiro atoms. The number of rotatable bonds is 1. The first-order valence-electron chi connectivity index (χ1n) is 4.49. The van der Waals surface area contributed by atoms with Gasteiger partial charge in [0.15, 0.2) is 5.82 Å². The van der Waals surface area contributed by atoms with Crippen LogP contribution in [0.1, 0.15) is 5.56 Å². The molecule has 17 heavy (non-hydrogen) atoms. The maximum Gasteiger partial charge on any atom is 0.416 e. The summed E-state index contributed by atoms with van der Waals surface area (Å²) in [4.78, 5) is 0. The summed E-state index contributed by atoms with van der Waals surface area (Å²) in [5.41, 5.74) is -1.33. The average Bonchev–Trinajstić information content (AvgIpc) is 2.73. The number of benzene rings is 1. The molecule has 90 valence electrons. The number of hydrogen-bond donors (Lipinski definition) is 0. The molecular weight excluding hydrogens is 260 g/mol. The molecule has 0 N–H and O–H groups in total. The maximum atomic E-state index is 13.6. The van der Waals surface area contributed by atoms with Crippen molar-refractivity contribution in [2.45, 2.75) is 6.18 Å². The Morgan fingerprint density at radius 2 is 1.88 bits per heavy atom. The average molecular weight is 265 g/mol. The van der Waals surface area contributed by atoms with Gasteiger partial charge in [-0.05, 0) is 24.3 Å². The van der Waals surface area contributed by atoms with Gasteiger partial charge in [-0.1, -0.05) is 11.6 Å². The lowest BCUT2D eigenvalue weighted by Crippen LogP contribution is -2.05. The molecule has 0 unspecified atom stereocenters. The topological polar surface area (TPSA) is 13.1 Å². The molecule has 0 saturated carbocycles. The lowest BCUT2D eigenvalue weighted by atomic mass is 10.1. The summed E-state index contributed by atoms with van der Waals surface area (Å²) in [5, 5.41) is -0.591. The van der Waals surface area contributed by atoms with Crippen molar-refractivity contribution in [3.63, 3.8) is 0 Å². The van der Waals surface area contributed by atoms with Gasteiger partial charge in [0, 0.05) is 0 Å². The van der Waals surface area contributed by atoms with Gasteiger partial charge in [-0.3, -0.25) is 0 Å². The predicted molar refractivity (Wildman–Crippen MR) is 54.1 cm³/mol. The van der Waals surface area contributed by atoms with E-state index in [1.54, 1.807) is 0 Å². The van der Waals surface area contributed by atoms with Crippen LogP contribution in [0.25, 0.3) is 11.3 Å². The molecule has 0 aliphatic carbocycles. The first-order chi connectivity index (χ1) is 7.89. The second kappa shape index (κ2) is 4.07. The SMILES string of the molecule is Fc1c(Cl)cc(C(F)(F)F)cc1-c1ccco1. The van der Waals surface area contributed by atoms with E-state index in [0.717, 1.165) is 0 Å². The highest BCUT2D eigenvalue weighted by Gasteiger charge is 2.32. The van der Waals surface area contributed by atoms with E-state index in [4.69, 9.17) is 16.0 Å². The molecule has 0 aliphatic heterocycles. The van der Waals surface area contributed by atoms with Gasteiger partial charge >= 0.3 is 6.18 Å². The molecule has 2 aromatic rings. The smallest absolute Gasteiger partial charge is 0.416 e. The highest BCUT2D eigenvalue weighted by Crippen LogP contribution is 2.36. The summed E-state index contributed by atoms with van der Waals surface area (Å²) in [5.74, 6) is -0.940. The van der Waals surface area contributed by atoms with Crippen LogP contribution in [0.2, 0.25) is 5.02 Å². The van der Waals surface area contributed by atoms with Crippen LogP contribution in [0.15, 0.2) is 34.9 Å². The second-order valence-corrected chi connectivity index (χ2v) is 3.70. The van der Waals surface area contributed by atoms with Crippen LogP contribution in [-0.4, -0.2) is 0 Å². The van der Waals surface area contributed by atoms with Gasteiger partial charge in [-0.15, -0.1) is 0 Å². The van der Waals surface area contributed by atoms with Crippen molar-refractivity contribution in [1.29, 1.82) is 0 Å². The minimum absolute atomic E-state index is 0.00417. The lowest BCUT2D eigenvalue weighted by molar-refractivity contribution is -0.137. The largest absolute Gasteiger partial charge is 0.464 e. The van der Waals surface area contributed by atoms with Crippen LogP contribution in [0, 0.1) is 5.82 Å². The van der Waals surface area contributed by atoms with E-state index in [1.807, 2.05) is 0 Å². The van der Waals surface area contributed by atoms with Crippen LogP contribution in [-0.2, 0) is 6.18 Å². The molecule has 0 saturated heterocycles.